The summed E-state index contributed by atoms with van der Waals surface area (Å²) in [5.74, 6) is 0. The first-order valence-electron chi connectivity index (χ1n) is 8.98. The van der Waals surface area contributed by atoms with Gasteiger partial charge in [-0.2, -0.15) is 0 Å². The summed E-state index contributed by atoms with van der Waals surface area (Å²) < 4.78 is 0. The fourth-order valence-corrected chi connectivity index (χ4v) is 5.79. The van der Waals surface area contributed by atoms with Gasteiger partial charge in [-0.05, 0) is 42.7 Å². The third-order valence-electron chi connectivity index (χ3n) is 4.42. The van der Waals surface area contributed by atoms with E-state index in [1.165, 1.54) is 22.6 Å². The number of benzene rings is 3. The molecule has 0 saturated heterocycles. The van der Waals surface area contributed by atoms with Crippen LogP contribution in [0.5, 0.6) is 0 Å². The van der Waals surface area contributed by atoms with E-state index < -0.39 is 0 Å². The van der Waals surface area contributed by atoms with Crippen molar-refractivity contribution in [2.45, 2.75) is 25.5 Å². The topological polar surface area (TPSA) is 12.0 Å². The molecule has 0 spiro atoms. The standard InChI is InChI=1S/C23H26NP/c1-20(17-18-24-19-21-11-5-2-6-12-21)25(22-13-7-3-8-14-22)23-15-9-4-10-16-23/h2-16,20,24H,17-19H2,1H3. The monoisotopic (exact) mass is 347 g/mol. The maximum absolute atomic E-state index is 3.60. The van der Waals surface area contributed by atoms with E-state index >= 15 is 0 Å². The van der Waals surface area contributed by atoms with Gasteiger partial charge in [0.25, 0.3) is 0 Å². The molecule has 0 aliphatic rings. The van der Waals surface area contributed by atoms with E-state index in [-0.39, 0.29) is 7.92 Å². The predicted octanol–water partition coefficient (Wildman–Crippen LogP) is 4.69. The highest BCUT2D eigenvalue weighted by molar-refractivity contribution is 7.73. The van der Waals surface area contributed by atoms with Crippen LogP contribution >= 0.6 is 7.92 Å². The Morgan fingerprint density at radius 3 is 1.72 bits per heavy atom. The molecular formula is C23H26NP. The lowest BCUT2D eigenvalue weighted by Crippen LogP contribution is -2.24. The molecule has 0 saturated carbocycles. The molecule has 0 radical (unpaired) electrons. The van der Waals surface area contributed by atoms with Crippen molar-refractivity contribution in [2.24, 2.45) is 0 Å². The third kappa shape index (κ3) is 5.26. The van der Waals surface area contributed by atoms with Gasteiger partial charge in [-0.15, -0.1) is 0 Å². The second kappa shape index (κ2) is 9.51. The largest absolute Gasteiger partial charge is 0.313 e. The van der Waals surface area contributed by atoms with E-state index in [1.54, 1.807) is 0 Å². The van der Waals surface area contributed by atoms with Gasteiger partial charge in [0.2, 0.25) is 0 Å². The Hall–Kier alpha value is -1.95. The summed E-state index contributed by atoms with van der Waals surface area (Å²) in [4.78, 5) is 0. The Kier molecular flexibility index (Phi) is 6.79. The molecule has 1 N–H and O–H groups in total. The summed E-state index contributed by atoms with van der Waals surface area (Å²) >= 11 is 0. The Morgan fingerprint density at radius 2 is 1.20 bits per heavy atom. The van der Waals surface area contributed by atoms with Crippen LogP contribution in [-0.4, -0.2) is 12.2 Å². The molecule has 0 heterocycles. The minimum absolute atomic E-state index is 0.323. The smallest absolute Gasteiger partial charge is 0.0205 e. The Bertz CT molecular complexity index is 688. The number of nitrogens with one attached hydrogen (secondary N) is 1. The van der Waals surface area contributed by atoms with E-state index in [2.05, 4.69) is 103 Å². The minimum Gasteiger partial charge on any atom is -0.313 e. The lowest BCUT2D eigenvalue weighted by atomic mass is 10.2. The van der Waals surface area contributed by atoms with E-state index in [1.807, 2.05) is 0 Å². The van der Waals surface area contributed by atoms with Crippen LogP contribution < -0.4 is 15.9 Å². The van der Waals surface area contributed by atoms with Crippen LogP contribution in [-0.2, 0) is 6.54 Å². The Morgan fingerprint density at radius 1 is 0.720 bits per heavy atom. The molecule has 3 aromatic rings. The molecule has 128 valence electrons. The van der Waals surface area contributed by atoms with Crippen LogP contribution in [0.25, 0.3) is 0 Å². The SMILES string of the molecule is CC(CCNCc1ccccc1)P(c1ccccc1)c1ccccc1. The van der Waals surface area contributed by atoms with Crippen LogP contribution in [0.2, 0.25) is 0 Å². The molecule has 1 atom stereocenters. The number of hydrogen-bond donors (Lipinski definition) is 1. The molecule has 0 aliphatic heterocycles. The highest BCUT2D eigenvalue weighted by atomic mass is 31.1. The van der Waals surface area contributed by atoms with E-state index in [9.17, 15) is 0 Å². The van der Waals surface area contributed by atoms with Crippen LogP contribution in [0.15, 0.2) is 91.0 Å². The molecule has 0 amide bonds. The molecule has 0 aromatic heterocycles. The van der Waals surface area contributed by atoms with Gasteiger partial charge < -0.3 is 5.32 Å². The van der Waals surface area contributed by atoms with Gasteiger partial charge in [0, 0.05) is 6.54 Å². The van der Waals surface area contributed by atoms with Crippen molar-refractivity contribution in [1.82, 2.24) is 5.32 Å². The van der Waals surface area contributed by atoms with Crippen LogP contribution in [0.3, 0.4) is 0 Å². The first-order chi connectivity index (χ1) is 12.3. The van der Waals surface area contributed by atoms with Gasteiger partial charge in [-0.1, -0.05) is 97.9 Å². The van der Waals surface area contributed by atoms with Gasteiger partial charge in [0.05, 0.1) is 0 Å². The third-order valence-corrected chi connectivity index (χ3v) is 7.27. The zero-order chi connectivity index (χ0) is 17.3. The summed E-state index contributed by atoms with van der Waals surface area (Å²) in [6.07, 6.45) is 1.18. The first kappa shape index (κ1) is 17.9. The molecule has 1 unspecified atom stereocenters. The molecule has 3 rings (SSSR count). The molecule has 0 bridgehead atoms. The molecule has 2 heteroatoms. The van der Waals surface area contributed by atoms with Crippen molar-refractivity contribution in [3.63, 3.8) is 0 Å². The second-order valence-corrected chi connectivity index (χ2v) is 9.00. The summed E-state index contributed by atoms with van der Waals surface area (Å²) in [7, 11) is -0.323. The Balaban J connectivity index is 1.62. The second-order valence-electron chi connectivity index (χ2n) is 6.34. The zero-order valence-electron chi connectivity index (χ0n) is 14.8. The van der Waals surface area contributed by atoms with E-state index in [4.69, 9.17) is 0 Å². The van der Waals surface area contributed by atoms with E-state index in [0.29, 0.717) is 5.66 Å². The van der Waals surface area contributed by atoms with E-state index in [0.717, 1.165) is 13.1 Å². The van der Waals surface area contributed by atoms with Crippen LogP contribution in [0.1, 0.15) is 18.9 Å². The Labute approximate surface area is 152 Å². The molecule has 0 fully saturated rings. The lowest BCUT2D eigenvalue weighted by molar-refractivity contribution is 0.646. The van der Waals surface area contributed by atoms with Gasteiger partial charge >= 0.3 is 0 Å². The molecule has 1 nitrogen and oxygen atoms in total. The molecule has 0 aliphatic carbocycles. The van der Waals surface area contributed by atoms with Crippen LogP contribution in [0, 0.1) is 0 Å². The minimum atomic E-state index is -0.323. The summed E-state index contributed by atoms with van der Waals surface area (Å²) in [6.45, 7) is 4.40. The first-order valence-corrected chi connectivity index (χ1v) is 10.4. The number of hydrogen-bond acceptors (Lipinski definition) is 1. The maximum atomic E-state index is 3.60. The van der Waals surface area contributed by atoms with Gasteiger partial charge in [-0.3, -0.25) is 0 Å². The predicted molar refractivity (Wildman–Crippen MR) is 111 cm³/mol. The van der Waals surface area contributed by atoms with Crippen molar-refractivity contribution >= 4 is 18.5 Å². The van der Waals surface area contributed by atoms with Crippen LogP contribution in [0.4, 0.5) is 0 Å². The van der Waals surface area contributed by atoms with Crippen molar-refractivity contribution in [1.29, 1.82) is 0 Å². The summed E-state index contributed by atoms with van der Waals surface area (Å²) in [5.41, 5.74) is 1.99. The van der Waals surface area contributed by atoms with Gasteiger partial charge in [0.1, 0.15) is 0 Å². The maximum Gasteiger partial charge on any atom is 0.0205 e. The molecule has 3 aromatic carbocycles. The fourth-order valence-electron chi connectivity index (χ4n) is 3.10. The van der Waals surface area contributed by atoms with Gasteiger partial charge in [0.15, 0.2) is 0 Å². The summed E-state index contributed by atoms with van der Waals surface area (Å²) in [6, 6.07) is 32.6. The normalized spacial score (nSPS) is 12.2. The van der Waals surface area contributed by atoms with Crippen molar-refractivity contribution in [3.8, 4) is 0 Å². The summed E-state index contributed by atoms with van der Waals surface area (Å²) in [5, 5.41) is 6.54. The highest BCUT2D eigenvalue weighted by Crippen LogP contribution is 2.40. The highest BCUT2D eigenvalue weighted by Gasteiger charge is 2.20. The van der Waals surface area contributed by atoms with Crippen molar-refractivity contribution in [3.05, 3.63) is 96.6 Å². The number of rotatable bonds is 8. The molecular weight excluding hydrogens is 321 g/mol. The quantitative estimate of drug-likeness (QED) is 0.460. The lowest BCUT2D eigenvalue weighted by Gasteiger charge is -2.26. The van der Waals surface area contributed by atoms with Gasteiger partial charge in [-0.25, -0.2) is 0 Å². The fraction of sp³-hybridized carbons (Fsp3) is 0.217. The van der Waals surface area contributed by atoms with Crippen molar-refractivity contribution < 1.29 is 0 Å². The average molecular weight is 347 g/mol. The zero-order valence-corrected chi connectivity index (χ0v) is 15.7. The molecule has 25 heavy (non-hydrogen) atoms. The average Bonchev–Trinajstić information content (AvgIpc) is 2.68. The van der Waals surface area contributed by atoms with Crippen molar-refractivity contribution in [2.75, 3.05) is 6.54 Å².